The van der Waals surface area contributed by atoms with Gasteiger partial charge >= 0.3 is 0 Å². The molecule has 92 valence electrons. The van der Waals surface area contributed by atoms with Crippen LogP contribution in [0.3, 0.4) is 0 Å². The largest absolute Gasteiger partial charge is 0.497 e. The maximum atomic E-state index is 11.7. The quantitative estimate of drug-likeness (QED) is 0.629. The Kier molecular flexibility index (Phi) is 5.20. The fourth-order valence-electron chi connectivity index (χ4n) is 1.39. The Morgan fingerprint density at radius 2 is 2.24 bits per heavy atom. The van der Waals surface area contributed by atoms with Crippen LogP contribution in [0.1, 0.15) is 37.0 Å². The van der Waals surface area contributed by atoms with Gasteiger partial charge in [-0.15, -0.1) is 0 Å². The summed E-state index contributed by atoms with van der Waals surface area (Å²) >= 11 is 0. The molecule has 1 aromatic carbocycles. The van der Waals surface area contributed by atoms with Gasteiger partial charge in [-0.3, -0.25) is 4.79 Å². The van der Waals surface area contributed by atoms with Crippen LogP contribution in [-0.4, -0.2) is 18.7 Å². The summed E-state index contributed by atoms with van der Waals surface area (Å²) < 4.78 is 5.05. The maximum Gasteiger partial charge on any atom is 0.271 e. The lowest BCUT2D eigenvalue weighted by Crippen LogP contribution is -2.19. The van der Waals surface area contributed by atoms with E-state index in [1.54, 1.807) is 31.4 Å². The minimum atomic E-state index is -0.223. The fraction of sp³-hybridized carbons (Fsp3) is 0.385. The van der Waals surface area contributed by atoms with Gasteiger partial charge in [-0.25, -0.2) is 5.43 Å². The fourth-order valence-corrected chi connectivity index (χ4v) is 1.39. The van der Waals surface area contributed by atoms with Gasteiger partial charge in [-0.1, -0.05) is 19.4 Å². The predicted octanol–water partition coefficient (Wildman–Crippen LogP) is 2.60. The summed E-state index contributed by atoms with van der Waals surface area (Å²) in [6, 6.07) is 6.97. The standard InChI is InChI=1S/C13H18N2O2/c1-4-6-10(2)14-15-13(16)11-7-5-8-12(9-11)17-3/h5,7-9H,4,6H2,1-3H3,(H,15,16). The third-order valence-corrected chi connectivity index (χ3v) is 2.29. The molecule has 0 aliphatic carbocycles. The maximum absolute atomic E-state index is 11.7. The van der Waals surface area contributed by atoms with Crippen LogP contribution in [0.4, 0.5) is 0 Å². The van der Waals surface area contributed by atoms with Gasteiger partial charge in [0.15, 0.2) is 0 Å². The first-order chi connectivity index (χ1) is 8.17. The molecule has 0 saturated heterocycles. The van der Waals surface area contributed by atoms with Crippen LogP contribution in [0.2, 0.25) is 0 Å². The molecule has 4 heteroatoms. The first-order valence-corrected chi connectivity index (χ1v) is 5.65. The second-order valence-corrected chi connectivity index (χ2v) is 3.77. The van der Waals surface area contributed by atoms with Crippen LogP contribution in [0, 0.1) is 0 Å². The first kappa shape index (κ1) is 13.2. The lowest BCUT2D eigenvalue weighted by Gasteiger charge is -2.04. The minimum absolute atomic E-state index is 0.223. The number of nitrogens with zero attached hydrogens (tertiary/aromatic N) is 1. The van der Waals surface area contributed by atoms with Crippen LogP contribution in [-0.2, 0) is 0 Å². The highest BCUT2D eigenvalue weighted by Crippen LogP contribution is 2.12. The second kappa shape index (κ2) is 6.68. The van der Waals surface area contributed by atoms with Crippen LogP contribution >= 0.6 is 0 Å². The summed E-state index contributed by atoms with van der Waals surface area (Å²) in [5.74, 6) is 0.436. The van der Waals surface area contributed by atoms with Crippen molar-refractivity contribution in [1.82, 2.24) is 5.43 Å². The summed E-state index contributed by atoms with van der Waals surface area (Å²) in [4.78, 5) is 11.7. The van der Waals surface area contributed by atoms with Crippen molar-refractivity contribution in [1.29, 1.82) is 0 Å². The zero-order valence-electron chi connectivity index (χ0n) is 10.5. The van der Waals surface area contributed by atoms with Gasteiger partial charge in [-0.2, -0.15) is 5.10 Å². The Morgan fingerprint density at radius 1 is 1.47 bits per heavy atom. The highest BCUT2D eigenvalue weighted by Gasteiger charge is 2.05. The molecule has 0 spiro atoms. The number of amides is 1. The van der Waals surface area contributed by atoms with E-state index < -0.39 is 0 Å². The normalized spacial score (nSPS) is 11.1. The molecular weight excluding hydrogens is 216 g/mol. The Hall–Kier alpha value is -1.84. The summed E-state index contributed by atoms with van der Waals surface area (Å²) in [7, 11) is 1.57. The molecular formula is C13H18N2O2. The van der Waals surface area contributed by atoms with Crippen LogP contribution in [0.25, 0.3) is 0 Å². The van der Waals surface area contributed by atoms with Gasteiger partial charge < -0.3 is 4.74 Å². The predicted molar refractivity (Wildman–Crippen MR) is 68.5 cm³/mol. The van der Waals surface area contributed by atoms with Crippen LogP contribution in [0.5, 0.6) is 5.75 Å². The Labute approximate surface area is 102 Å². The lowest BCUT2D eigenvalue weighted by molar-refractivity contribution is 0.0954. The van der Waals surface area contributed by atoms with Crippen LogP contribution < -0.4 is 10.2 Å². The molecule has 1 aromatic rings. The number of ether oxygens (including phenoxy) is 1. The van der Waals surface area contributed by atoms with Crippen molar-refractivity contribution < 1.29 is 9.53 Å². The first-order valence-electron chi connectivity index (χ1n) is 5.65. The van der Waals surface area contributed by atoms with E-state index >= 15 is 0 Å². The van der Waals surface area contributed by atoms with E-state index in [4.69, 9.17) is 4.74 Å². The number of rotatable bonds is 5. The number of carbonyl (C=O) groups excluding carboxylic acids is 1. The molecule has 0 saturated carbocycles. The van der Waals surface area contributed by atoms with Gasteiger partial charge in [-0.05, 0) is 31.5 Å². The average Bonchev–Trinajstić information content (AvgIpc) is 2.36. The molecule has 0 unspecified atom stereocenters. The van der Waals surface area contributed by atoms with Crippen molar-refractivity contribution in [3.63, 3.8) is 0 Å². The number of methoxy groups -OCH3 is 1. The average molecular weight is 234 g/mol. The molecule has 0 atom stereocenters. The molecule has 0 fully saturated rings. The molecule has 1 amide bonds. The van der Waals surface area contributed by atoms with Gasteiger partial charge in [0.1, 0.15) is 5.75 Å². The number of benzene rings is 1. The molecule has 0 aliphatic heterocycles. The van der Waals surface area contributed by atoms with Crippen molar-refractivity contribution in [3.8, 4) is 5.75 Å². The SMILES string of the molecule is CCCC(C)=NNC(=O)c1cccc(OC)c1. The van der Waals surface area contributed by atoms with E-state index in [1.165, 1.54) is 0 Å². The zero-order chi connectivity index (χ0) is 12.7. The second-order valence-electron chi connectivity index (χ2n) is 3.77. The highest BCUT2D eigenvalue weighted by atomic mass is 16.5. The van der Waals surface area contributed by atoms with E-state index in [9.17, 15) is 4.79 Å². The molecule has 1 N–H and O–H groups in total. The summed E-state index contributed by atoms with van der Waals surface area (Å²) in [5, 5.41) is 4.02. The van der Waals surface area contributed by atoms with Crippen molar-refractivity contribution >= 4 is 11.6 Å². The van der Waals surface area contributed by atoms with E-state index in [1.807, 2.05) is 6.92 Å². The summed E-state index contributed by atoms with van der Waals surface area (Å²) in [6.45, 7) is 3.97. The zero-order valence-corrected chi connectivity index (χ0v) is 10.5. The van der Waals surface area contributed by atoms with Gasteiger partial charge in [0.05, 0.1) is 7.11 Å². The third-order valence-electron chi connectivity index (χ3n) is 2.29. The molecule has 1 rings (SSSR count). The van der Waals surface area contributed by atoms with Crippen molar-refractivity contribution in [3.05, 3.63) is 29.8 Å². The van der Waals surface area contributed by atoms with Crippen LogP contribution in [0.15, 0.2) is 29.4 Å². The minimum Gasteiger partial charge on any atom is -0.497 e. The Balaban J connectivity index is 2.66. The Morgan fingerprint density at radius 3 is 2.88 bits per heavy atom. The van der Waals surface area contributed by atoms with Crippen molar-refractivity contribution in [2.45, 2.75) is 26.7 Å². The smallest absolute Gasteiger partial charge is 0.271 e. The molecule has 0 heterocycles. The molecule has 0 aromatic heterocycles. The summed E-state index contributed by atoms with van der Waals surface area (Å²) in [5.41, 5.74) is 3.99. The number of hydrogen-bond acceptors (Lipinski definition) is 3. The van der Waals surface area contributed by atoms with Gasteiger partial charge in [0.25, 0.3) is 5.91 Å². The summed E-state index contributed by atoms with van der Waals surface area (Å²) in [6.07, 6.45) is 1.91. The van der Waals surface area contributed by atoms with Crippen molar-refractivity contribution in [2.24, 2.45) is 5.10 Å². The molecule has 17 heavy (non-hydrogen) atoms. The molecule has 0 bridgehead atoms. The van der Waals surface area contributed by atoms with E-state index in [0.717, 1.165) is 18.6 Å². The van der Waals surface area contributed by atoms with E-state index in [0.29, 0.717) is 11.3 Å². The molecule has 4 nitrogen and oxygen atoms in total. The van der Waals surface area contributed by atoms with E-state index in [-0.39, 0.29) is 5.91 Å². The number of nitrogens with one attached hydrogen (secondary N) is 1. The Bertz CT molecular complexity index is 414. The van der Waals surface area contributed by atoms with Gasteiger partial charge in [0, 0.05) is 11.3 Å². The monoisotopic (exact) mass is 234 g/mol. The molecule has 0 aliphatic rings. The lowest BCUT2D eigenvalue weighted by atomic mass is 10.2. The van der Waals surface area contributed by atoms with Gasteiger partial charge in [0.2, 0.25) is 0 Å². The van der Waals surface area contributed by atoms with Crippen molar-refractivity contribution in [2.75, 3.05) is 7.11 Å². The highest BCUT2D eigenvalue weighted by molar-refractivity contribution is 5.95. The number of carbonyl (C=O) groups is 1. The third kappa shape index (κ3) is 4.26. The number of hydrogen-bond donors (Lipinski definition) is 1. The molecule has 0 radical (unpaired) electrons. The number of hydrazone groups is 1. The topological polar surface area (TPSA) is 50.7 Å². The van der Waals surface area contributed by atoms with E-state index in [2.05, 4.69) is 17.5 Å².